The summed E-state index contributed by atoms with van der Waals surface area (Å²) >= 11 is 5.88. The van der Waals surface area contributed by atoms with Gasteiger partial charge >= 0.3 is 0 Å². The van der Waals surface area contributed by atoms with Gasteiger partial charge in [0, 0.05) is 29.3 Å². The Hall–Kier alpha value is -2.84. The molecule has 0 radical (unpaired) electrons. The van der Waals surface area contributed by atoms with Crippen LogP contribution < -0.4 is 16.2 Å². The predicted molar refractivity (Wildman–Crippen MR) is 98.6 cm³/mol. The minimum absolute atomic E-state index is 0.0354. The first kappa shape index (κ1) is 17.0. The molecule has 3 rings (SSSR count). The van der Waals surface area contributed by atoms with Crippen LogP contribution in [0.4, 0.5) is 17.2 Å². The van der Waals surface area contributed by atoms with E-state index in [-0.39, 0.29) is 15.9 Å². The van der Waals surface area contributed by atoms with Gasteiger partial charge in [0.25, 0.3) is 10.0 Å². The van der Waals surface area contributed by atoms with Crippen molar-refractivity contribution in [2.75, 3.05) is 16.2 Å². The van der Waals surface area contributed by atoms with Crippen LogP contribution in [-0.4, -0.2) is 18.4 Å². The molecule has 0 aliphatic heterocycles. The Morgan fingerprint density at radius 3 is 2.24 bits per heavy atom. The van der Waals surface area contributed by atoms with Gasteiger partial charge < -0.3 is 11.5 Å². The second-order valence-corrected chi connectivity index (χ2v) is 7.19. The molecule has 0 saturated carbocycles. The monoisotopic (exact) mass is 375 g/mol. The van der Waals surface area contributed by atoms with E-state index in [1.807, 2.05) is 0 Å². The quantitative estimate of drug-likeness (QED) is 0.602. The Kier molecular flexibility index (Phi) is 4.47. The number of aromatic nitrogens is 2. The average molecular weight is 376 g/mol. The number of rotatable bonds is 4. The molecule has 0 bridgehead atoms. The lowest BCUT2D eigenvalue weighted by Gasteiger charge is -2.13. The third-order valence-electron chi connectivity index (χ3n) is 3.40. The van der Waals surface area contributed by atoms with Crippen molar-refractivity contribution in [2.45, 2.75) is 4.90 Å². The highest BCUT2D eigenvalue weighted by molar-refractivity contribution is 7.92. The lowest BCUT2D eigenvalue weighted by atomic mass is 10.0. The SMILES string of the molecule is Nc1ccc(-c2cc(N)ccc2S(=O)(=O)Nc2nccnc2Cl)cc1. The molecule has 0 aliphatic rings. The normalized spacial score (nSPS) is 11.2. The van der Waals surface area contributed by atoms with Gasteiger partial charge in [-0.15, -0.1) is 0 Å². The number of hydrogen-bond donors (Lipinski definition) is 3. The van der Waals surface area contributed by atoms with Crippen LogP contribution in [0.25, 0.3) is 11.1 Å². The minimum Gasteiger partial charge on any atom is -0.399 e. The first-order valence-electron chi connectivity index (χ1n) is 7.11. The van der Waals surface area contributed by atoms with Gasteiger partial charge in [-0.1, -0.05) is 23.7 Å². The van der Waals surface area contributed by atoms with Gasteiger partial charge in [-0.3, -0.25) is 4.72 Å². The molecular formula is C16H14ClN5O2S. The Bertz CT molecular complexity index is 1020. The third kappa shape index (κ3) is 3.65. The fraction of sp³-hybridized carbons (Fsp3) is 0. The molecule has 3 aromatic rings. The summed E-state index contributed by atoms with van der Waals surface area (Å²) in [6, 6.07) is 11.3. The fourth-order valence-electron chi connectivity index (χ4n) is 2.24. The summed E-state index contributed by atoms with van der Waals surface area (Å²) in [6.45, 7) is 0. The summed E-state index contributed by atoms with van der Waals surface area (Å²) in [4.78, 5) is 7.73. The molecule has 0 fully saturated rings. The van der Waals surface area contributed by atoms with Crippen molar-refractivity contribution in [1.29, 1.82) is 0 Å². The number of nitrogens with two attached hydrogens (primary N) is 2. The van der Waals surface area contributed by atoms with Gasteiger partial charge in [0.15, 0.2) is 11.0 Å². The molecule has 0 spiro atoms. The number of sulfonamides is 1. The minimum atomic E-state index is -3.97. The highest BCUT2D eigenvalue weighted by Gasteiger charge is 2.21. The molecule has 0 unspecified atom stereocenters. The second-order valence-electron chi connectivity index (χ2n) is 5.18. The van der Waals surface area contributed by atoms with Crippen molar-refractivity contribution in [3.8, 4) is 11.1 Å². The maximum atomic E-state index is 12.8. The zero-order chi connectivity index (χ0) is 18.0. The maximum Gasteiger partial charge on any atom is 0.263 e. The first-order valence-corrected chi connectivity index (χ1v) is 8.98. The molecule has 9 heteroatoms. The molecule has 0 atom stereocenters. The Morgan fingerprint density at radius 2 is 1.56 bits per heavy atom. The smallest absolute Gasteiger partial charge is 0.263 e. The molecule has 128 valence electrons. The molecule has 25 heavy (non-hydrogen) atoms. The van der Waals surface area contributed by atoms with Crippen molar-refractivity contribution >= 4 is 38.8 Å². The van der Waals surface area contributed by atoms with E-state index in [1.165, 1.54) is 24.5 Å². The van der Waals surface area contributed by atoms with Crippen LogP contribution in [0, 0.1) is 0 Å². The van der Waals surface area contributed by atoms with Gasteiger partial charge in [0.1, 0.15) is 0 Å². The Balaban J connectivity index is 2.10. The second kappa shape index (κ2) is 6.58. The van der Waals surface area contributed by atoms with Crippen molar-refractivity contribution in [2.24, 2.45) is 0 Å². The summed E-state index contributed by atoms with van der Waals surface area (Å²) in [5.74, 6) is -0.0516. The number of nitrogen functional groups attached to an aromatic ring is 2. The summed E-state index contributed by atoms with van der Waals surface area (Å²) in [5, 5.41) is -0.0458. The van der Waals surface area contributed by atoms with E-state index in [1.54, 1.807) is 30.3 Å². The summed E-state index contributed by atoms with van der Waals surface area (Å²) in [7, 11) is -3.97. The molecule has 0 aliphatic carbocycles. The molecule has 0 saturated heterocycles. The van der Waals surface area contributed by atoms with Gasteiger partial charge in [0.05, 0.1) is 4.90 Å². The number of hydrogen-bond acceptors (Lipinski definition) is 6. The molecular weight excluding hydrogens is 362 g/mol. The van der Waals surface area contributed by atoms with Gasteiger partial charge in [-0.25, -0.2) is 18.4 Å². The van der Waals surface area contributed by atoms with Crippen molar-refractivity contribution in [1.82, 2.24) is 9.97 Å². The molecule has 7 nitrogen and oxygen atoms in total. The molecule has 1 aromatic heterocycles. The number of benzene rings is 2. The van der Waals surface area contributed by atoms with Crippen LogP contribution in [0.3, 0.4) is 0 Å². The first-order chi connectivity index (χ1) is 11.9. The van der Waals surface area contributed by atoms with Crippen LogP contribution in [-0.2, 0) is 10.0 Å². The van der Waals surface area contributed by atoms with Crippen LogP contribution in [0.2, 0.25) is 5.15 Å². The van der Waals surface area contributed by atoms with E-state index >= 15 is 0 Å². The largest absolute Gasteiger partial charge is 0.399 e. The highest BCUT2D eigenvalue weighted by atomic mass is 35.5. The van der Waals surface area contributed by atoms with Crippen molar-refractivity contribution in [3.05, 3.63) is 60.0 Å². The van der Waals surface area contributed by atoms with Crippen LogP contribution in [0.5, 0.6) is 0 Å². The molecule has 5 N–H and O–H groups in total. The number of anilines is 3. The number of nitrogens with one attached hydrogen (secondary N) is 1. The van der Waals surface area contributed by atoms with Crippen LogP contribution in [0.15, 0.2) is 59.8 Å². The van der Waals surface area contributed by atoms with Crippen molar-refractivity contribution < 1.29 is 8.42 Å². The standard InChI is InChI=1S/C16H14ClN5O2S/c17-15-16(21-8-7-20-15)22-25(23,24)14-6-5-12(19)9-13(14)10-1-3-11(18)4-2-10/h1-9H,18-19H2,(H,21,22). The van der Waals surface area contributed by atoms with E-state index in [4.69, 9.17) is 23.1 Å². The molecule has 0 amide bonds. The summed E-state index contributed by atoms with van der Waals surface area (Å²) < 4.78 is 28.0. The van der Waals surface area contributed by atoms with Crippen LogP contribution in [0.1, 0.15) is 0 Å². The van der Waals surface area contributed by atoms with E-state index in [9.17, 15) is 8.42 Å². The Labute approximate surface area is 149 Å². The molecule has 1 heterocycles. The van der Waals surface area contributed by atoms with E-state index in [0.717, 1.165) is 0 Å². The highest BCUT2D eigenvalue weighted by Crippen LogP contribution is 2.31. The average Bonchev–Trinajstić information content (AvgIpc) is 2.57. The van der Waals surface area contributed by atoms with E-state index < -0.39 is 10.0 Å². The topological polar surface area (TPSA) is 124 Å². The Morgan fingerprint density at radius 1 is 0.920 bits per heavy atom. The van der Waals surface area contributed by atoms with E-state index in [0.29, 0.717) is 22.5 Å². The fourth-order valence-corrected chi connectivity index (χ4v) is 3.68. The number of halogens is 1. The lowest BCUT2D eigenvalue weighted by molar-refractivity contribution is 0.601. The summed E-state index contributed by atoms with van der Waals surface area (Å²) in [5.41, 5.74) is 13.6. The van der Waals surface area contributed by atoms with Crippen LogP contribution >= 0.6 is 11.6 Å². The van der Waals surface area contributed by atoms with Gasteiger partial charge in [-0.05, 0) is 35.9 Å². The van der Waals surface area contributed by atoms with Gasteiger partial charge in [-0.2, -0.15) is 0 Å². The predicted octanol–water partition coefficient (Wildman–Crippen LogP) is 2.76. The molecule has 2 aromatic carbocycles. The zero-order valence-corrected chi connectivity index (χ0v) is 14.4. The maximum absolute atomic E-state index is 12.8. The lowest BCUT2D eigenvalue weighted by Crippen LogP contribution is -2.15. The third-order valence-corrected chi connectivity index (χ3v) is 5.07. The van der Waals surface area contributed by atoms with E-state index in [2.05, 4.69) is 14.7 Å². The van der Waals surface area contributed by atoms with Gasteiger partial charge in [0.2, 0.25) is 0 Å². The zero-order valence-electron chi connectivity index (χ0n) is 12.8. The summed E-state index contributed by atoms with van der Waals surface area (Å²) in [6.07, 6.45) is 2.71. The number of nitrogens with zero attached hydrogens (tertiary/aromatic N) is 2. The van der Waals surface area contributed by atoms with Crippen molar-refractivity contribution in [3.63, 3.8) is 0 Å².